The third kappa shape index (κ3) is 3.24. The van der Waals surface area contributed by atoms with E-state index in [1.807, 2.05) is 6.92 Å². The van der Waals surface area contributed by atoms with E-state index < -0.39 is 28.0 Å². The number of hydrogen-bond acceptors (Lipinski definition) is 7. The van der Waals surface area contributed by atoms with Crippen LogP contribution in [0, 0.1) is 0 Å². The first-order valence-electron chi connectivity index (χ1n) is 6.89. The van der Waals surface area contributed by atoms with E-state index in [9.17, 15) is 18.3 Å². The topological polar surface area (TPSA) is 111 Å². The van der Waals surface area contributed by atoms with E-state index in [1.54, 1.807) is 6.92 Å². The first-order valence-corrected chi connectivity index (χ1v) is 8.71. The van der Waals surface area contributed by atoms with Crippen molar-refractivity contribution in [2.24, 2.45) is 0 Å². The molecule has 1 aliphatic rings. The minimum atomic E-state index is -3.30. The fourth-order valence-corrected chi connectivity index (χ4v) is 4.21. The number of aromatic nitrogens is 3. The number of aliphatic hydroxyl groups excluding tert-OH is 1. The summed E-state index contributed by atoms with van der Waals surface area (Å²) in [5, 5.41) is 17.6. The predicted octanol–water partition coefficient (Wildman–Crippen LogP) is -0.262. The van der Waals surface area contributed by atoms with Gasteiger partial charge in [-0.05, 0) is 13.3 Å². The van der Waals surface area contributed by atoms with E-state index in [0.29, 0.717) is 12.1 Å². The number of carbonyl (C=O) groups is 1. The quantitative estimate of drug-likeness (QED) is 0.744. The van der Waals surface area contributed by atoms with Crippen LogP contribution in [-0.2, 0) is 21.0 Å². The molecule has 0 aromatic carbocycles. The van der Waals surface area contributed by atoms with Crippen molar-refractivity contribution < 1.29 is 23.1 Å². The van der Waals surface area contributed by atoms with E-state index in [0.717, 1.165) is 6.42 Å². The zero-order valence-electron chi connectivity index (χ0n) is 12.0. The molecule has 0 aliphatic carbocycles. The molecule has 1 fully saturated rings. The molecule has 1 aromatic rings. The molecule has 2 rings (SSSR count). The second-order valence-corrected chi connectivity index (χ2v) is 7.17. The Labute approximate surface area is 123 Å². The lowest BCUT2D eigenvalue weighted by atomic mass is 10.1. The highest BCUT2D eigenvalue weighted by molar-refractivity contribution is 7.91. The molecule has 1 aromatic heterocycles. The smallest absolute Gasteiger partial charge is 0.360 e. The molecule has 2 heterocycles. The molecule has 0 saturated carbocycles. The Morgan fingerprint density at radius 3 is 2.67 bits per heavy atom. The van der Waals surface area contributed by atoms with Crippen LogP contribution in [0.4, 0.5) is 0 Å². The second kappa shape index (κ2) is 6.10. The minimum absolute atomic E-state index is 0.0928. The maximum atomic E-state index is 11.9. The van der Waals surface area contributed by atoms with Crippen molar-refractivity contribution in [1.82, 2.24) is 15.0 Å². The van der Waals surface area contributed by atoms with Gasteiger partial charge in [0.25, 0.3) is 0 Å². The van der Waals surface area contributed by atoms with Gasteiger partial charge in [0.2, 0.25) is 0 Å². The van der Waals surface area contributed by atoms with Crippen LogP contribution in [0.25, 0.3) is 0 Å². The standard InChI is InChI=1S/C12H19N3O5S/c1-3-5-8-11(12(17)20-4-2)13-14-15(8)9-6-21(18,19)7-10(9)16/h9-10,16H,3-7H2,1-2H3. The van der Waals surface area contributed by atoms with E-state index in [2.05, 4.69) is 10.3 Å². The average molecular weight is 317 g/mol. The summed E-state index contributed by atoms with van der Waals surface area (Å²) in [6.07, 6.45) is 0.196. The lowest BCUT2D eigenvalue weighted by Crippen LogP contribution is -2.25. The Morgan fingerprint density at radius 1 is 1.43 bits per heavy atom. The number of aliphatic hydroxyl groups is 1. The molecule has 9 heteroatoms. The molecule has 0 spiro atoms. The normalized spacial score (nSPS) is 24.1. The SMILES string of the molecule is CCCc1c(C(=O)OCC)nnn1C1CS(=O)(=O)CC1O. The number of ether oxygens (including phenoxy) is 1. The summed E-state index contributed by atoms with van der Waals surface area (Å²) >= 11 is 0. The number of nitrogens with zero attached hydrogens (tertiary/aromatic N) is 3. The van der Waals surface area contributed by atoms with Gasteiger partial charge in [-0.15, -0.1) is 5.10 Å². The Kier molecular flexibility index (Phi) is 4.62. The minimum Gasteiger partial charge on any atom is -0.461 e. The van der Waals surface area contributed by atoms with Crippen LogP contribution in [0.2, 0.25) is 0 Å². The van der Waals surface area contributed by atoms with Crippen molar-refractivity contribution >= 4 is 15.8 Å². The molecule has 2 atom stereocenters. The maximum Gasteiger partial charge on any atom is 0.360 e. The highest BCUT2D eigenvalue weighted by Gasteiger charge is 2.40. The molecule has 2 unspecified atom stereocenters. The molecular formula is C12H19N3O5S. The van der Waals surface area contributed by atoms with Gasteiger partial charge in [-0.3, -0.25) is 0 Å². The lowest BCUT2D eigenvalue weighted by molar-refractivity contribution is 0.0517. The van der Waals surface area contributed by atoms with E-state index in [1.165, 1.54) is 4.68 Å². The number of sulfone groups is 1. The zero-order chi connectivity index (χ0) is 15.6. The molecule has 1 aliphatic heterocycles. The monoisotopic (exact) mass is 317 g/mol. The van der Waals surface area contributed by atoms with Crippen molar-refractivity contribution in [3.05, 3.63) is 11.4 Å². The summed E-state index contributed by atoms with van der Waals surface area (Å²) in [4.78, 5) is 11.9. The first kappa shape index (κ1) is 15.9. The van der Waals surface area contributed by atoms with Gasteiger partial charge in [-0.2, -0.15) is 0 Å². The zero-order valence-corrected chi connectivity index (χ0v) is 12.8. The molecule has 0 amide bonds. The van der Waals surface area contributed by atoms with E-state index in [4.69, 9.17) is 4.74 Å². The summed E-state index contributed by atoms with van der Waals surface area (Å²) in [7, 11) is -3.30. The fourth-order valence-electron chi connectivity index (χ4n) is 2.45. The van der Waals surface area contributed by atoms with Crippen LogP contribution >= 0.6 is 0 Å². The molecule has 0 bridgehead atoms. The average Bonchev–Trinajstić information content (AvgIpc) is 2.91. The van der Waals surface area contributed by atoms with E-state index >= 15 is 0 Å². The molecule has 1 saturated heterocycles. The Hall–Kier alpha value is -1.48. The van der Waals surface area contributed by atoms with Gasteiger partial charge in [0, 0.05) is 0 Å². The van der Waals surface area contributed by atoms with Crippen LogP contribution in [-0.4, -0.2) is 58.7 Å². The predicted molar refractivity (Wildman–Crippen MR) is 73.7 cm³/mol. The van der Waals surface area contributed by atoms with Gasteiger partial charge < -0.3 is 9.84 Å². The number of esters is 1. The maximum absolute atomic E-state index is 11.9. The fraction of sp³-hybridized carbons (Fsp3) is 0.750. The van der Waals surface area contributed by atoms with Crippen LogP contribution in [0.3, 0.4) is 0 Å². The lowest BCUT2D eigenvalue weighted by Gasteiger charge is -2.15. The number of hydrogen-bond donors (Lipinski definition) is 1. The van der Waals surface area contributed by atoms with Crippen LogP contribution in [0.1, 0.15) is 42.5 Å². The summed E-state index contributed by atoms with van der Waals surface area (Å²) in [5.41, 5.74) is 0.604. The summed E-state index contributed by atoms with van der Waals surface area (Å²) in [6, 6.07) is -0.702. The summed E-state index contributed by atoms with van der Waals surface area (Å²) in [6.45, 7) is 3.83. The molecule has 21 heavy (non-hydrogen) atoms. The second-order valence-electron chi connectivity index (χ2n) is 5.01. The van der Waals surface area contributed by atoms with Crippen molar-refractivity contribution in [3.8, 4) is 0 Å². The van der Waals surface area contributed by atoms with Crippen LogP contribution in [0.5, 0.6) is 0 Å². The van der Waals surface area contributed by atoms with Gasteiger partial charge in [0.05, 0.1) is 36.0 Å². The largest absolute Gasteiger partial charge is 0.461 e. The van der Waals surface area contributed by atoms with Gasteiger partial charge in [-0.1, -0.05) is 18.6 Å². The molecule has 1 N–H and O–H groups in total. The number of rotatable bonds is 5. The summed E-state index contributed by atoms with van der Waals surface area (Å²) < 4.78 is 29.5. The molecule has 8 nitrogen and oxygen atoms in total. The van der Waals surface area contributed by atoms with Gasteiger partial charge in [-0.25, -0.2) is 17.9 Å². The van der Waals surface area contributed by atoms with Crippen molar-refractivity contribution in [2.75, 3.05) is 18.1 Å². The molecule has 118 valence electrons. The molecular weight excluding hydrogens is 298 g/mol. The highest BCUT2D eigenvalue weighted by Crippen LogP contribution is 2.26. The Morgan fingerprint density at radius 2 is 2.14 bits per heavy atom. The van der Waals surface area contributed by atoms with Crippen LogP contribution in [0.15, 0.2) is 0 Å². The third-order valence-electron chi connectivity index (χ3n) is 3.35. The van der Waals surface area contributed by atoms with Crippen LogP contribution < -0.4 is 0 Å². The van der Waals surface area contributed by atoms with Crippen molar-refractivity contribution in [3.63, 3.8) is 0 Å². The highest BCUT2D eigenvalue weighted by atomic mass is 32.2. The van der Waals surface area contributed by atoms with Crippen molar-refractivity contribution in [1.29, 1.82) is 0 Å². The first-order chi connectivity index (χ1) is 9.89. The van der Waals surface area contributed by atoms with Gasteiger partial charge in [0.15, 0.2) is 15.5 Å². The Bertz CT molecular complexity index is 625. The summed E-state index contributed by atoms with van der Waals surface area (Å²) in [5.74, 6) is -1.07. The third-order valence-corrected chi connectivity index (χ3v) is 5.05. The van der Waals surface area contributed by atoms with Gasteiger partial charge >= 0.3 is 5.97 Å². The molecule has 0 radical (unpaired) electrons. The van der Waals surface area contributed by atoms with Crippen molar-refractivity contribution in [2.45, 2.75) is 38.8 Å². The van der Waals surface area contributed by atoms with E-state index in [-0.39, 0.29) is 23.8 Å². The number of carbonyl (C=O) groups excluding carboxylic acids is 1. The Balaban J connectivity index is 2.38. The van der Waals surface area contributed by atoms with Gasteiger partial charge in [0.1, 0.15) is 0 Å².